The Morgan fingerprint density at radius 2 is 2.08 bits per heavy atom. The Labute approximate surface area is 151 Å². The van der Waals surface area contributed by atoms with Crippen molar-refractivity contribution in [2.24, 2.45) is 0 Å². The Bertz CT molecular complexity index is 879. The molecule has 26 heavy (non-hydrogen) atoms. The van der Waals surface area contributed by atoms with E-state index in [1.807, 2.05) is 6.92 Å². The lowest BCUT2D eigenvalue weighted by atomic mass is 10.1. The van der Waals surface area contributed by atoms with Crippen LogP contribution in [0.15, 0.2) is 36.5 Å². The first-order chi connectivity index (χ1) is 12.4. The maximum Gasteiger partial charge on any atom is 0.265 e. The van der Waals surface area contributed by atoms with E-state index in [9.17, 15) is 14.4 Å². The maximum absolute atomic E-state index is 12.2. The summed E-state index contributed by atoms with van der Waals surface area (Å²) in [6.07, 6.45) is 1.74. The molecule has 3 rings (SSSR count). The van der Waals surface area contributed by atoms with Crippen LogP contribution in [0.2, 0.25) is 0 Å². The van der Waals surface area contributed by atoms with Gasteiger partial charge in [-0.2, -0.15) is 0 Å². The van der Waals surface area contributed by atoms with E-state index in [1.54, 1.807) is 36.5 Å². The SMILES string of the molecule is CC(=O)c1ccc2c(c1)N(CCC(=O)Nc1ccnc(C)c1)C(=O)CO2. The molecule has 134 valence electrons. The van der Waals surface area contributed by atoms with Gasteiger partial charge in [0.1, 0.15) is 5.75 Å². The first-order valence-corrected chi connectivity index (χ1v) is 8.24. The third kappa shape index (κ3) is 3.88. The van der Waals surface area contributed by atoms with Gasteiger partial charge in [-0.05, 0) is 44.2 Å². The topological polar surface area (TPSA) is 88.6 Å². The molecular formula is C19H19N3O4. The number of carbonyl (C=O) groups is 3. The van der Waals surface area contributed by atoms with Gasteiger partial charge in [0, 0.05) is 36.1 Å². The molecule has 7 nitrogen and oxygen atoms in total. The number of ketones is 1. The van der Waals surface area contributed by atoms with Crippen LogP contribution in [0.4, 0.5) is 11.4 Å². The van der Waals surface area contributed by atoms with Gasteiger partial charge in [0.15, 0.2) is 12.4 Å². The lowest BCUT2D eigenvalue weighted by Gasteiger charge is -2.29. The van der Waals surface area contributed by atoms with Crippen molar-refractivity contribution in [2.45, 2.75) is 20.3 Å². The molecule has 2 heterocycles. The quantitative estimate of drug-likeness (QED) is 0.834. The van der Waals surface area contributed by atoms with Crippen LogP contribution in [0.3, 0.4) is 0 Å². The fourth-order valence-corrected chi connectivity index (χ4v) is 2.73. The molecule has 2 aromatic rings. The number of ether oxygens (including phenoxy) is 1. The number of fused-ring (bicyclic) bond motifs is 1. The van der Waals surface area contributed by atoms with Crippen LogP contribution >= 0.6 is 0 Å². The van der Waals surface area contributed by atoms with Gasteiger partial charge in [0.05, 0.1) is 5.69 Å². The van der Waals surface area contributed by atoms with E-state index >= 15 is 0 Å². The summed E-state index contributed by atoms with van der Waals surface area (Å²) < 4.78 is 5.41. The van der Waals surface area contributed by atoms with Gasteiger partial charge in [-0.3, -0.25) is 19.4 Å². The summed E-state index contributed by atoms with van der Waals surface area (Å²) in [4.78, 5) is 41.6. The van der Waals surface area contributed by atoms with Crippen molar-refractivity contribution in [3.8, 4) is 5.75 Å². The van der Waals surface area contributed by atoms with Crippen LogP contribution in [0.5, 0.6) is 5.75 Å². The lowest BCUT2D eigenvalue weighted by Crippen LogP contribution is -2.40. The minimum Gasteiger partial charge on any atom is -0.482 e. The molecule has 0 bridgehead atoms. The van der Waals surface area contributed by atoms with Crippen molar-refractivity contribution in [3.63, 3.8) is 0 Å². The number of aryl methyl sites for hydroxylation is 1. The summed E-state index contributed by atoms with van der Waals surface area (Å²) >= 11 is 0. The fraction of sp³-hybridized carbons (Fsp3) is 0.263. The van der Waals surface area contributed by atoms with Crippen molar-refractivity contribution >= 4 is 29.0 Å². The van der Waals surface area contributed by atoms with Gasteiger partial charge < -0.3 is 15.0 Å². The molecule has 0 atom stereocenters. The Morgan fingerprint density at radius 3 is 2.81 bits per heavy atom. The molecule has 2 amide bonds. The van der Waals surface area contributed by atoms with Gasteiger partial charge in [0.25, 0.3) is 5.91 Å². The normalized spacial score (nSPS) is 13.0. The lowest BCUT2D eigenvalue weighted by molar-refractivity contribution is -0.121. The number of Topliss-reactive ketones (excluding diaryl/α,β-unsaturated/α-hetero) is 1. The van der Waals surface area contributed by atoms with Gasteiger partial charge in [-0.1, -0.05) is 0 Å². The number of hydrogen-bond acceptors (Lipinski definition) is 5. The minimum absolute atomic E-state index is 0.0857. The summed E-state index contributed by atoms with van der Waals surface area (Å²) in [5.74, 6) is -0.0266. The van der Waals surface area contributed by atoms with Crippen LogP contribution in [0, 0.1) is 6.92 Å². The second-order valence-corrected chi connectivity index (χ2v) is 6.06. The number of amides is 2. The monoisotopic (exact) mass is 353 g/mol. The summed E-state index contributed by atoms with van der Waals surface area (Å²) in [6.45, 7) is 3.41. The van der Waals surface area contributed by atoms with E-state index < -0.39 is 0 Å². The molecule has 0 saturated carbocycles. The zero-order valence-electron chi connectivity index (χ0n) is 14.6. The van der Waals surface area contributed by atoms with Crippen LogP contribution in [0.25, 0.3) is 0 Å². The molecule has 7 heteroatoms. The highest BCUT2D eigenvalue weighted by atomic mass is 16.5. The molecular weight excluding hydrogens is 334 g/mol. The second-order valence-electron chi connectivity index (χ2n) is 6.06. The third-order valence-corrected chi connectivity index (χ3v) is 4.05. The average Bonchev–Trinajstić information content (AvgIpc) is 2.60. The summed E-state index contributed by atoms with van der Waals surface area (Å²) in [6, 6.07) is 8.43. The number of aromatic nitrogens is 1. The van der Waals surface area contributed by atoms with Crippen LogP contribution in [-0.4, -0.2) is 35.7 Å². The number of nitrogens with zero attached hydrogens (tertiary/aromatic N) is 2. The van der Waals surface area contributed by atoms with Gasteiger partial charge in [0.2, 0.25) is 5.91 Å². The predicted molar refractivity (Wildman–Crippen MR) is 96.5 cm³/mol. The fourth-order valence-electron chi connectivity index (χ4n) is 2.73. The van der Waals surface area contributed by atoms with E-state index in [1.165, 1.54) is 11.8 Å². The smallest absolute Gasteiger partial charge is 0.265 e. The first-order valence-electron chi connectivity index (χ1n) is 8.24. The molecule has 1 aliphatic heterocycles. The van der Waals surface area contributed by atoms with E-state index in [-0.39, 0.29) is 37.2 Å². The molecule has 0 spiro atoms. The number of benzene rings is 1. The highest BCUT2D eigenvalue weighted by Crippen LogP contribution is 2.33. The van der Waals surface area contributed by atoms with Crippen molar-refractivity contribution in [1.82, 2.24) is 4.98 Å². The molecule has 0 saturated heterocycles. The van der Waals surface area contributed by atoms with E-state index in [2.05, 4.69) is 10.3 Å². The van der Waals surface area contributed by atoms with Crippen molar-refractivity contribution in [1.29, 1.82) is 0 Å². The van der Waals surface area contributed by atoms with Crippen molar-refractivity contribution < 1.29 is 19.1 Å². The number of hydrogen-bond donors (Lipinski definition) is 1. The summed E-state index contributed by atoms with van der Waals surface area (Å²) in [5, 5.41) is 2.79. The highest BCUT2D eigenvalue weighted by molar-refractivity contribution is 6.02. The molecule has 0 radical (unpaired) electrons. The minimum atomic E-state index is -0.245. The van der Waals surface area contributed by atoms with Crippen LogP contribution in [-0.2, 0) is 9.59 Å². The third-order valence-electron chi connectivity index (χ3n) is 4.05. The van der Waals surface area contributed by atoms with E-state index in [4.69, 9.17) is 4.74 Å². The summed E-state index contributed by atoms with van der Waals surface area (Å²) in [7, 11) is 0. The molecule has 1 N–H and O–H groups in total. The molecule has 0 fully saturated rings. The van der Waals surface area contributed by atoms with Crippen LogP contribution in [0.1, 0.15) is 29.4 Å². The Balaban J connectivity index is 1.71. The molecule has 1 aromatic carbocycles. The number of pyridine rings is 1. The number of anilines is 2. The first kappa shape index (κ1) is 17.6. The Morgan fingerprint density at radius 1 is 1.27 bits per heavy atom. The molecule has 1 aliphatic rings. The average molecular weight is 353 g/mol. The van der Waals surface area contributed by atoms with Gasteiger partial charge >= 0.3 is 0 Å². The van der Waals surface area contributed by atoms with Crippen molar-refractivity contribution in [2.75, 3.05) is 23.4 Å². The largest absolute Gasteiger partial charge is 0.482 e. The Kier molecular flexibility index (Phi) is 4.97. The van der Waals surface area contributed by atoms with Gasteiger partial charge in [-0.25, -0.2) is 0 Å². The number of carbonyl (C=O) groups excluding carboxylic acids is 3. The highest BCUT2D eigenvalue weighted by Gasteiger charge is 2.26. The van der Waals surface area contributed by atoms with E-state index in [0.29, 0.717) is 22.7 Å². The Hall–Kier alpha value is -3.22. The maximum atomic E-state index is 12.2. The van der Waals surface area contributed by atoms with Crippen LogP contribution < -0.4 is 15.0 Å². The van der Waals surface area contributed by atoms with Crippen molar-refractivity contribution in [3.05, 3.63) is 47.8 Å². The molecule has 0 unspecified atom stereocenters. The summed E-state index contributed by atoms with van der Waals surface area (Å²) in [5.41, 5.74) is 2.47. The number of rotatable bonds is 5. The number of nitrogens with one attached hydrogen (secondary N) is 1. The van der Waals surface area contributed by atoms with Gasteiger partial charge in [-0.15, -0.1) is 0 Å². The van der Waals surface area contributed by atoms with E-state index in [0.717, 1.165) is 5.69 Å². The molecule has 1 aromatic heterocycles. The standard InChI is InChI=1S/C19H19N3O4/c1-12-9-15(5-7-20-12)21-18(24)6-8-22-16-10-14(13(2)23)3-4-17(16)26-11-19(22)25/h3-5,7,9-10H,6,8,11H2,1-2H3,(H,20,21,24). The molecule has 0 aliphatic carbocycles. The predicted octanol–water partition coefficient (Wildman–Crippen LogP) is 2.35. The zero-order chi connectivity index (χ0) is 18.7. The zero-order valence-corrected chi connectivity index (χ0v) is 14.6. The second kappa shape index (κ2) is 7.35.